The molecule has 7 nitrogen and oxygen atoms in total. The highest BCUT2D eigenvalue weighted by molar-refractivity contribution is 7.90. The number of hydrogen-bond donors (Lipinski definition) is 1. The van der Waals surface area contributed by atoms with Crippen LogP contribution < -0.4 is 14.4 Å². The molecule has 0 saturated heterocycles. The van der Waals surface area contributed by atoms with Gasteiger partial charge < -0.3 is 10.1 Å². The normalized spacial score (nSPS) is 11.3. The molecular weight excluding hydrogens is 397 g/mol. The largest absolute Gasteiger partial charge is 0.492 e. The summed E-state index contributed by atoms with van der Waals surface area (Å²) in [5, 5.41) is 2.64. The summed E-state index contributed by atoms with van der Waals surface area (Å²) < 4.78 is 45.8. The predicted octanol–water partition coefficient (Wildman–Crippen LogP) is 2.20. The van der Waals surface area contributed by atoms with E-state index in [1.165, 1.54) is 31.8 Å². The van der Waals surface area contributed by atoms with E-state index >= 15 is 0 Å². The van der Waals surface area contributed by atoms with Gasteiger partial charge in [0.1, 0.15) is 24.7 Å². The van der Waals surface area contributed by atoms with Crippen molar-refractivity contribution in [3.8, 4) is 5.75 Å². The van der Waals surface area contributed by atoms with Crippen molar-refractivity contribution in [2.24, 2.45) is 0 Å². The van der Waals surface area contributed by atoms with Crippen LogP contribution in [-0.4, -0.2) is 52.4 Å². The molecule has 0 bridgehead atoms. The Hall–Kier alpha value is -2.65. The first kappa shape index (κ1) is 22.6. The third-order valence-electron chi connectivity index (χ3n) is 4.17. The third-order valence-corrected chi connectivity index (χ3v) is 5.99. The van der Waals surface area contributed by atoms with Crippen LogP contribution in [0.25, 0.3) is 0 Å². The van der Waals surface area contributed by atoms with Crippen molar-refractivity contribution in [2.45, 2.75) is 13.3 Å². The minimum absolute atomic E-state index is 0.197. The highest BCUT2D eigenvalue weighted by Crippen LogP contribution is 2.19. The van der Waals surface area contributed by atoms with Crippen LogP contribution in [0.2, 0.25) is 0 Å². The number of aryl methyl sites for hydroxylation is 1. The molecule has 0 saturated carbocycles. The quantitative estimate of drug-likeness (QED) is 0.594. The van der Waals surface area contributed by atoms with Crippen molar-refractivity contribution in [2.75, 3.05) is 38.1 Å². The summed E-state index contributed by atoms with van der Waals surface area (Å²) in [6.45, 7) is 2.09. The fraction of sp³-hybridized carbons (Fsp3) is 0.350. The van der Waals surface area contributed by atoms with Gasteiger partial charge in [0.25, 0.3) is 0 Å². The van der Waals surface area contributed by atoms with Gasteiger partial charge in [-0.05, 0) is 48.4 Å². The summed E-state index contributed by atoms with van der Waals surface area (Å²) in [6, 6.07) is 12.6. The molecule has 0 heterocycles. The van der Waals surface area contributed by atoms with E-state index < -0.39 is 28.5 Å². The van der Waals surface area contributed by atoms with E-state index in [2.05, 4.69) is 12.2 Å². The van der Waals surface area contributed by atoms with E-state index in [-0.39, 0.29) is 18.8 Å². The van der Waals surface area contributed by atoms with Gasteiger partial charge in [0.05, 0.1) is 12.2 Å². The first-order chi connectivity index (χ1) is 13.7. The predicted molar refractivity (Wildman–Crippen MR) is 111 cm³/mol. The molecule has 0 spiro atoms. The molecule has 1 amide bonds. The maximum atomic E-state index is 13.2. The number of amides is 1. The van der Waals surface area contributed by atoms with Crippen molar-refractivity contribution in [3.05, 3.63) is 59.9 Å². The zero-order valence-corrected chi connectivity index (χ0v) is 17.6. The number of benzene rings is 2. The number of carbonyl (C=O) groups is 1. The molecule has 0 radical (unpaired) electrons. The van der Waals surface area contributed by atoms with Crippen LogP contribution in [0.5, 0.6) is 5.75 Å². The molecular formula is C20H26FN3O4S. The number of nitrogens with one attached hydrogen (secondary N) is 1. The van der Waals surface area contributed by atoms with Crippen molar-refractivity contribution >= 4 is 21.8 Å². The van der Waals surface area contributed by atoms with Crippen LogP contribution in [0.15, 0.2) is 48.5 Å². The van der Waals surface area contributed by atoms with Crippen LogP contribution in [-0.2, 0) is 21.4 Å². The van der Waals surface area contributed by atoms with Crippen LogP contribution in [0.3, 0.4) is 0 Å². The number of anilines is 1. The third kappa shape index (κ3) is 6.43. The SMILES string of the molecule is CCc1ccc(OCCNC(=O)CN(c2ccc(F)cc2)S(=O)(=O)N(C)C)cc1. The van der Waals surface area contributed by atoms with Crippen LogP contribution in [0, 0.1) is 5.82 Å². The Bertz CT molecular complexity index is 900. The standard InChI is InChI=1S/C20H26FN3O4S/c1-4-16-5-11-19(12-6-16)28-14-13-22-20(25)15-24(29(26,27)23(2)3)18-9-7-17(21)8-10-18/h5-12H,4,13-15H2,1-3H3,(H,22,25). The van der Waals surface area contributed by atoms with Crippen LogP contribution in [0.1, 0.15) is 12.5 Å². The second kappa shape index (κ2) is 10.2. The molecule has 1 N–H and O–H groups in total. The van der Waals surface area contributed by atoms with E-state index in [1.54, 1.807) is 0 Å². The molecule has 29 heavy (non-hydrogen) atoms. The van der Waals surface area contributed by atoms with Crippen LogP contribution >= 0.6 is 0 Å². The minimum atomic E-state index is -3.93. The molecule has 0 aliphatic heterocycles. The fourth-order valence-corrected chi connectivity index (χ4v) is 3.54. The highest BCUT2D eigenvalue weighted by Gasteiger charge is 2.27. The topological polar surface area (TPSA) is 79.0 Å². The number of nitrogens with zero attached hydrogens (tertiary/aromatic N) is 2. The second-order valence-electron chi connectivity index (χ2n) is 6.47. The minimum Gasteiger partial charge on any atom is -0.492 e. The van der Waals surface area contributed by atoms with Gasteiger partial charge in [-0.3, -0.25) is 4.79 Å². The molecule has 0 aliphatic rings. The Balaban J connectivity index is 1.94. The number of carbonyl (C=O) groups excluding carboxylic acids is 1. The lowest BCUT2D eigenvalue weighted by Gasteiger charge is -2.26. The van der Waals surface area contributed by atoms with Crippen LogP contribution in [0.4, 0.5) is 10.1 Å². The smallest absolute Gasteiger partial charge is 0.304 e. The summed E-state index contributed by atoms with van der Waals surface area (Å²) in [6.07, 6.45) is 0.941. The van der Waals surface area contributed by atoms with Gasteiger partial charge in [-0.2, -0.15) is 12.7 Å². The maximum absolute atomic E-state index is 13.2. The summed E-state index contributed by atoms with van der Waals surface area (Å²) in [5.74, 6) is -0.297. The lowest BCUT2D eigenvalue weighted by Crippen LogP contribution is -2.46. The van der Waals surface area contributed by atoms with E-state index in [4.69, 9.17) is 4.74 Å². The zero-order valence-electron chi connectivity index (χ0n) is 16.8. The number of rotatable bonds is 10. The molecule has 0 unspecified atom stereocenters. The van der Waals surface area contributed by atoms with Gasteiger partial charge in [0.2, 0.25) is 5.91 Å². The molecule has 0 aromatic heterocycles. The zero-order chi connectivity index (χ0) is 21.4. The molecule has 2 aromatic rings. The maximum Gasteiger partial charge on any atom is 0.304 e. The first-order valence-electron chi connectivity index (χ1n) is 9.18. The molecule has 9 heteroatoms. The van der Waals surface area contributed by atoms with Crippen molar-refractivity contribution in [1.82, 2.24) is 9.62 Å². The molecule has 2 aromatic carbocycles. The molecule has 2 rings (SSSR count). The Morgan fingerprint density at radius 1 is 1.07 bits per heavy atom. The Kier molecular flexibility index (Phi) is 7.98. The van der Waals surface area contributed by atoms with Crippen molar-refractivity contribution in [1.29, 1.82) is 0 Å². The van der Waals surface area contributed by atoms with E-state index in [9.17, 15) is 17.6 Å². The van der Waals surface area contributed by atoms with Gasteiger partial charge in [0, 0.05) is 14.1 Å². The van der Waals surface area contributed by atoms with E-state index in [1.807, 2.05) is 24.3 Å². The molecule has 0 aliphatic carbocycles. The van der Waals surface area contributed by atoms with E-state index in [0.29, 0.717) is 5.75 Å². The molecule has 0 fully saturated rings. The second-order valence-corrected chi connectivity index (χ2v) is 8.54. The van der Waals surface area contributed by atoms with Gasteiger partial charge in [-0.25, -0.2) is 8.70 Å². The van der Waals surface area contributed by atoms with Gasteiger partial charge in [0.15, 0.2) is 0 Å². The monoisotopic (exact) mass is 423 g/mol. The number of ether oxygens (including phenoxy) is 1. The Morgan fingerprint density at radius 3 is 2.24 bits per heavy atom. The van der Waals surface area contributed by atoms with Gasteiger partial charge in [-0.1, -0.05) is 19.1 Å². The van der Waals surface area contributed by atoms with Gasteiger partial charge in [-0.15, -0.1) is 0 Å². The molecule has 0 atom stereocenters. The lowest BCUT2D eigenvalue weighted by molar-refractivity contribution is -0.119. The first-order valence-corrected chi connectivity index (χ1v) is 10.6. The summed E-state index contributed by atoms with van der Waals surface area (Å²) in [4.78, 5) is 12.3. The summed E-state index contributed by atoms with van der Waals surface area (Å²) in [5.41, 5.74) is 1.40. The average molecular weight is 424 g/mol. The van der Waals surface area contributed by atoms with Crippen molar-refractivity contribution < 1.29 is 22.3 Å². The summed E-state index contributed by atoms with van der Waals surface area (Å²) in [7, 11) is -1.20. The van der Waals surface area contributed by atoms with E-state index in [0.717, 1.165) is 27.2 Å². The lowest BCUT2D eigenvalue weighted by atomic mass is 10.2. The Morgan fingerprint density at radius 2 is 1.69 bits per heavy atom. The highest BCUT2D eigenvalue weighted by atomic mass is 32.2. The summed E-state index contributed by atoms with van der Waals surface area (Å²) >= 11 is 0. The van der Waals surface area contributed by atoms with Gasteiger partial charge >= 0.3 is 10.2 Å². The molecule has 158 valence electrons. The van der Waals surface area contributed by atoms with Crippen molar-refractivity contribution in [3.63, 3.8) is 0 Å². The number of halogens is 1. The Labute approximate surface area is 171 Å². The fourth-order valence-electron chi connectivity index (χ4n) is 2.48. The average Bonchev–Trinajstić information content (AvgIpc) is 2.70. The number of hydrogen-bond acceptors (Lipinski definition) is 4.